The van der Waals surface area contributed by atoms with E-state index in [4.69, 9.17) is 11.5 Å². The third kappa shape index (κ3) is 4.76. The number of hydrogen-bond acceptors (Lipinski definition) is 5. The van der Waals surface area contributed by atoms with Crippen molar-refractivity contribution in [3.8, 4) is 0 Å². The van der Waals surface area contributed by atoms with Crippen LogP contribution in [0.25, 0.3) is 0 Å². The highest BCUT2D eigenvalue weighted by Gasteiger charge is 2.29. The number of nitrogens with zero attached hydrogens (tertiary/aromatic N) is 1. The minimum atomic E-state index is -3.34. The average Bonchev–Trinajstić information content (AvgIpc) is 2.38. The molecule has 118 valence electrons. The minimum absolute atomic E-state index is 0. The molecule has 21 heavy (non-hydrogen) atoms. The van der Waals surface area contributed by atoms with Crippen molar-refractivity contribution < 1.29 is 22.9 Å². The molecule has 11 heteroatoms. The summed E-state index contributed by atoms with van der Waals surface area (Å²) >= 11 is 0. The molecule has 0 saturated carbocycles. The summed E-state index contributed by atoms with van der Waals surface area (Å²) < 4.78 is 38.9. The van der Waals surface area contributed by atoms with E-state index in [0.29, 0.717) is 12.1 Å². The molecule has 1 aromatic carbocycles. The Morgan fingerprint density at radius 2 is 2.00 bits per heavy atom. The first-order valence-corrected chi connectivity index (χ1v) is 5.27. The molecule has 0 radical (unpaired) electrons. The lowest BCUT2D eigenvalue weighted by atomic mass is 10.1. The molecule has 0 atom stereocenters. The quantitative estimate of drug-likeness (QED) is 0.423. The van der Waals surface area contributed by atoms with Crippen LogP contribution in [0.1, 0.15) is 10.4 Å². The average molecular weight is 329 g/mol. The number of nitro benzene ring substituents is 1. The van der Waals surface area contributed by atoms with Crippen LogP contribution in [0.3, 0.4) is 0 Å². The van der Waals surface area contributed by atoms with Crippen LogP contribution in [0, 0.1) is 15.9 Å². The fraction of sp³-hybridized carbons (Fsp3) is 0.300. The van der Waals surface area contributed by atoms with Gasteiger partial charge in [-0.1, -0.05) is 0 Å². The van der Waals surface area contributed by atoms with Gasteiger partial charge >= 0.3 is 0 Å². The van der Waals surface area contributed by atoms with E-state index >= 15 is 0 Å². The molecule has 7 nitrogen and oxygen atoms in total. The highest BCUT2D eigenvalue weighted by molar-refractivity contribution is 6.01. The Morgan fingerprint density at radius 1 is 1.43 bits per heavy atom. The Morgan fingerprint density at radius 3 is 2.48 bits per heavy atom. The zero-order valence-corrected chi connectivity index (χ0v) is 11.3. The second-order valence-electron chi connectivity index (χ2n) is 3.89. The summed E-state index contributed by atoms with van der Waals surface area (Å²) in [4.78, 5) is 21.2. The topological polar surface area (TPSA) is 124 Å². The van der Waals surface area contributed by atoms with Gasteiger partial charge < -0.3 is 16.8 Å². The lowest BCUT2D eigenvalue weighted by Gasteiger charge is -2.15. The van der Waals surface area contributed by atoms with Gasteiger partial charge in [0.05, 0.1) is 29.6 Å². The number of carbonyl (C=O) groups is 1. The number of nitro groups is 1. The third-order valence-electron chi connectivity index (χ3n) is 2.37. The second-order valence-corrected chi connectivity index (χ2v) is 3.89. The minimum Gasteiger partial charge on any atom is -0.393 e. The maximum atomic E-state index is 13.2. The summed E-state index contributed by atoms with van der Waals surface area (Å²) in [6, 6.07) is 1.15. The molecular formula is C10H12ClF3N4O3. The van der Waals surface area contributed by atoms with E-state index in [1.165, 1.54) is 0 Å². The molecular weight excluding hydrogens is 317 g/mol. The Hall–Kier alpha value is -2.07. The molecule has 0 aliphatic heterocycles. The van der Waals surface area contributed by atoms with E-state index in [9.17, 15) is 28.1 Å². The van der Waals surface area contributed by atoms with Crippen LogP contribution in [0.5, 0.6) is 0 Å². The molecule has 0 heterocycles. The number of nitrogens with one attached hydrogen (secondary N) is 1. The number of benzene rings is 1. The van der Waals surface area contributed by atoms with Gasteiger partial charge in [-0.2, -0.15) is 0 Å². The first-order valence-electron chi connectivity index (χ1n) is 5.27. The molecule has 0 aliphatic rings. The molecule has 5 N–H and O–H groups in total. The standard InChI is InChI=1S/C10H11F3N4O3.ClH/c11-5-1-6(8(15)7(2-5)17(19)20)9(18)16-4-10(12,13)3-14;/h1-2H,3-4,14-15H2,(H,16,18);1H. The van der Waals surface area contributed by atoms with E-state index in [-0.39, 0.29) is 12.4 Å². The Labute approximate surface area is 123 Å². The highest BCUT2D eigenvalue weighted by atomic mass is 35.5. The van der Waals surface area contributed by atoms with Crippen molar-refractivity contribution in [1.82, 2.24) is 5.32 Å². The van der Waals surface area contributed by atoms with Crippen molar-refractivity contribution in [3.63, 3.8) is 0 Å². The van der Waals surface area contributed by atoms with Gasteiger partial charge in [-0.05, 0) is 6.07 Å². The highest BCUT2D eigenvalue weighted by Crippen LogP contribution is 2.26. The normalized spacial score (nSPS) is 10.7. The van der Waals surface area contributed by atoms with Gasteiger partial charge in [-0.25, -0.2) is 13.2 Å². The van der Waals surface area contributed by atoms with E-state index in [1.807, 2.05) is 0 Å². The van der Waals surface area contributed by atoms with Crippen molar-refractivity contribution >= 4 is 29.7 Å². The first kappa shape index (κ1) is 18.9. The van der Waals surface area contributed by atoms with Gasteiger partial charge in [0.25, 0.3) is 17.5 Å². The fourth-order valence-electron chi connectivity index (χ4n) is 1.32. The van der Waals surface area contributed by atoms with Crippen LogP contribution in [0.4, 0.5) is 24.5 Å². The molecule has 0 bridgehead atoms. The van der Waals surface area contributed by atoms with Crippen molar-refractivity contribution in [2.75, 3.05) is 18.8 Å². The summed E-state index contributed by atoms with van der Waals surface area (Å²) in [5.74, 6) is -5.58. The van der Waals surface area contributed by atoms with Gasteiger partial charge in [0.15, 0.2) is 0 Å². The maximum Gasteiger partial charge on any atom is 0.295 e. The second kappa shape index (κ2) is 7.09. The number of hydrogen-bond donors (Lipinski definition) is 3. The number of nitrogen functional groups attached to an aromatic ring is 1. The predicted octanol–water partition coefficient (Wildman–Crippen LogP) is 1.06. The number of carbonyl (C=O) groups excluding carboxylic acids is 1. The van der Waals surface area contributed by atoms with Crippen molar-refractivity contribution in [2.45, 2.75) is 5.92 Å². The Kier molecular flexibility index (Phi) is 6.39. The van der Waals surface area contributed by atoms with Gasteiger partial charge in [0.2, 0.25) is 0 Å². The molecule has 0 spiro atoms. The number of amides is 1. The monoisotopic (exact) mass is 328 g/mol. The number of nitrogens with two attached hydrogens (primary N) is 2. The summed E-state index contributed by atoms with van der Waals surface area (Å²) in [6.07, 6.45) is 0. The molecule has 1 rings (SSSR count). The number of alkyl halides is 2. The van der Waals surface area contributed by atoms with E-state index in [2.05, 4.69) is 0 Å². The Bertz CT molecular complexity index is 557. The van der Waals surface area contributed by atoms with Gasteiger partial charge in [0.1, 0.15) is 11.5 Å². The number of halogens is 4. The van der Waals surface area contributed by atoms with Crippen LogP contribution >= 0.6 is 12.4 Å². The molecule has 0 saturated heterocycles. The molecule has 0 unspecified atom stereocenters. The largest absolute Gasteiger partial charge is 0.393 e. The zero-order chi connectivity index (χ0) is 15.5. The van der Waals surface area contributed by atoms with Crippen molar-refractivity contribution in [3.05, 3.63) is 33.6 Å². The summed E-state index contributed by atoms with van der Waals surface area (Å²) in [6.45, 7) is -2.09. The van der Waals surface area contributed by atoms with Crippen molar-refractivity contribution in [1.29, 1.82) is 0 Å². The smallest absolute Gasteiger partial charge is 0.295 e. The maximum absolute atomic E-state index is 13.2. The summed E-state index contributed by atoms with van der Waals surface area (Å²) in [5, 5.41) is 12.4. The van der Waals surface area contributed by atoms with Crippen LogP contribution in [0.15, 0.2) is 12.1 Å². The van der Waals surface area contributed by atoms with E-state index < -0.39 is 52.6 Å². The van der Waals surface area contributed by atoms with E-state index in [0.717, 1.165) is 0 Å². The van der Waals surface area contributed by atoms with Crippen LogP contribution < -0.4 is 16.8 Å². The molecule has 0 fully saturated rings. The van der Waals surface area contributed by atoms with Gasteiger partial charge in [0, 0.05) is 0 Å². The predicted molar refractivity (Wildman–Crippen MR) is 71.0 cm³/mol. The molecule has 0 aromatic heterocycles. The van der Waals surface area contributed by atoms with Crippen molar-refractivity contribution in [2.24, 2.45) is 5.73 Å². The molecule has 1 aromatic rings. The zero-order valence-electron chi connectivity index (χ0n) is 10.4. The Balaban J connectivity index is 0.00000400. The molecule has 1 amide bonds. The number of rotatable bonds is 5. The van der Waals surface area contributed by atoms with Crippen LogP contribution in [-0.4, -0.2) is 29.8 Å². The summed E-state index contributed by atoms with van der Waals surface area (Å²) in [5.41, 5.74) is 8.10. The summed E-state index contributed by atoms with van der Waals surface area (Å²) in [7, 11) is 0. The van der Waals surface area contributed by atoms with Gasteiger partial charge in [-0.3, -0.25) is 14.9 Å². The van der Waals surface area contributed by atoms with E-state index in [1.54, 1.807) is 5.32 Å². The van der Waals surface area contributed by atoms with Crippen LogP contribution in [-0.2, 0) is 0 Å². The van der Waals surface area contributed by atoms with Crippen LogP contribution in [0.2, 0.25) is 0 Å². The SMILES string of the molecule is Cl.NCC(F)(F)CNC(=O)c1cc(F)cc([N+](=O)[O-])c1N. The third-order valence-corrected chi connectivity index (χ3v) is 2.37. The number of anilines is 1. The lowest BCUT2D eigenvalue weighted by molar-refractivity contribution is -0.384. The fourth-order valence-corrected chi connectivity index (χ4v) is 1.32. The lowest BCUT2D eigenvalue weighted by Crippen LogP contribution is -2.41. The molecule has 0 aliphatic carbocycles. The van der Waals surface area contributed by atoms with Gasteiger partial charge in [-0.15, -0.1) is 12.4 Å². The first-order chi connectivity index (χ1) is 9.18.